The maximum absolute atomic E-state index is 12.7. The summed E-state index contributed by atoms with van der Waals surface area (Å²) in [6.45, 7) is 15.9. The van der Waals surface area contributed by atoms with E-state index in [0.717, 1.165) is 62.4 Å². The molecule has 0 amide bonds. The van der Waals surface area contributed by atoms with Crippen molar-refractivity contribution in [3.05, 3.63) is 145 Å². The number of quaternary nitrogens is 1. The number of piperidine rings is 3. The van der Waals surface area contributed by atoms with Crippen LogP contribution in [0, 0.1) is 25.7 Å². The molecule has 56 heavy (non-hydrogen) atoms. The summed E-state index contributed by atoms with van der Waals surface area (Å²) in [6.07, 6.45) is 10.2. The SMILES string of the molecule is C=CCO[C@H](c1ccnc2ccccc12)[C@@H]1C[C@@H]2CC[N+]1(Cc1ccccc1)C[C@@H]2C=C.COc1ccc2nc(S(=O)Cc3ncc(C)c(OC)c3C)[nH]c2c1. The van der Waals surface area contributed by atoms with Crippen molar-refractivity contribution in [1.82, 2.24) is 19.9 Å². The third-order valence-corrected chi connectivity index (χ3v) is 12.8. The van der Waals surface area contributed by atoms with Crippen LogP contribution in [0.4, 0.5) is 0 Å². The number of imidazole rings is 1. The van der Waals surface area contributed by atoms with Gasteiger partial charge in [0.2, 0.25) is 0 Å². The van der Waals surface area contributed by atoms with Crippen molar-refractivity contribution in [3.8, 4) is 11.5 Å². The molecule has 9 rings (SSSR count). The number of aromatic nitrogens is 4. The number of benzene rings is 3. The Kier molecular flexibility index (Phi) is 12.1. The van der Waals surface area contributed by atoms with E-state index >= 15 is 0 Å². The number of H-pyrrole nitrogens is 1. The van der Waals surface area contributed by atoms with Gasteiger partial charge in [-0.3, -0.25) is 14.2 Å². The molecule has 1 N–H and O–H groups in total. The number of para-hydroxylation sites is 1. The van der Waals surface area contributed by atoms with Crippen LogP contribution in [0.15, 0.2) is 122 Å². The molecule has 3 fully saturated rings. The Morgan fingerprint density at radius 2 is 1.79 bits per heavy atom. The van der Waals surface area contributed by atoms with Crippen molar-refractivity contribution in [2.24, 2.45) is 11.8 Å². The Balaban J connectivity index is 0.000000179. The monoisotopic (exact) mass is 770 g/mol. The van der Waals surface area contributed by atoms with Gasteiger partial charge in [0.25, 0.3) is 0 Å². The van der Waals surface area contributed by atoms with E-state index in [4.69, 9.17) is 14.2 Å². The van der Waals surface area contributed by atoms with Gasteiger partial charge in [-0.1, -0.05) is 60.7 Å². The lowest BCUT2D eigenvalue weighted by Crippen LogP contribution is -2.67. The first-order valence-corrected chi connectivity index (χ1v) is 20.6. The molecular formula is C46H52N5O4S+. The summed E-state index contributed by atoms with van der Waals surface area (Å²) in [5.74, 6) is 3.06. The molecule has 0 radical (unpaired) electrons. The topological polar surface area (TPSA) is 99.2 Å². The normalized spacial score (nSPS) is 21.2. The molecular weight excluding hydrogens is 719 g/mol. The molecule has 6 aromatic rings. The number of hydrogen-bond donors (Lipinski definition) is 1. The number of rotatable bonds is 13. The van der Waals surface area contributed by atoms with E-state index in [-0.39, 0.29) is 11.9 Å². The number of nitrogens with zero attached hydrogens (tertiary/aromatic N) is 4. The molecule has 2 unspecified atom stereocenters. The minimum absolute atomic E-state index is 0.0122. The zero-order chi connectivity index (χ0) is 39.2. The van der Waals surface area contributed by atoms with Gasteiger partial charge in [0.15, 0.2) is 5.16 Å². The summed E-state index contributed by atoms with van der Waals surface area (Å²) >= 11 is 0. The predicted molar refractivity (Wildman–Crippen MR) is 224 cm³/mol. The van der Waals surface area contributed by atoms with Crippen LogP contribution < -0.4 is 9.47 Å². The molecule has 290 valence electrons. The smallest absolute Gasteiger partial charge is 0.197 e. The van der Waals surface area contributed by atoms with E-state index in [1.54, 1.807) is 20.4 Å². The molecule has 3 aromatic heterocycles. The highest BCUT2D eigenvalue weighted by molar-refractivity contribution is 7.84. The number of hydrogen-bond acceptors (Lipinski definition) is 7. The molecule has 6 atom stereocenters. The first-order valence-electron chi connectivity index (χ1n) is 19.3. The van der Waals surface area contributed by atoms with Gasteiger partial charge in [-0.2, -0.15) is 0 Å². The molecule has 6 heterocycles. The van der Waals surface area contributed by atoms with Gasteiger partial charge in [0.05, 0.1) is 72.7 Å². The van der Waals surface area contributed by atoms with E-state index in [2.05, 4.69) is 99.8 Å². The molecule has 9 nitrogen and oxygen atoms in total. The zero-order valence-corrected chi connectivity index (χ0v) is 33.6. The number of pyridine rings is 2. The number of fused-ring (bicyclic) bond motifs is 5. The second-order valence-corrected chi connectivity index (χ2v) is 16.3. The van der Waals surface area contributed by atoms with Crippen molar-refractivity contribution in [2.75, 3.05) is 33.9 Å². The van der Waals surface area contributed by atoms with Crippen molar-refractivity contribution in [1.29, 1.82) is 0 Å². The van der Waals surface area contributed by atoms with Crippen LogP contribution in [0.3, 0.4) is 0 Å². The summed E-state index contributed by atoms with van der Waals surface area (Å²) in [7, 11) is 1.91. The second kappa shape index (κ2) is 17.3. The molecule has 3 aromatic carbocycles. The molecule has 3 saturated heterocycles. The largest absolute Gasteiger partial charge is 0.497 e. The Morgan fingerprint density at radius 3 is 2.55 bits per heavy atom. The maximum Gasteiger partial charge on any atom is 0.197 e. The van der Waals surface area contributed by atoms with E-state index in [1.807, 2.05) is 44.3 Å². The maximum atomic E-state index is 12.7. The van der Waals surface area contributed by atoms with Crippen LogP contribution in [0.5, 0.6) is 11.5 Å². The van der Waals surface area contributed by atoms with E-state index in [9.17, 15) is 4.21 Å². The fourth-order valence-electron chi connectivity index (χ4n) is 8.87. The van der Waals surface area contributed by atoms with E-state index in [0.29, 0.717) is 29.6 Å². The first-order chi connectivity index (χ1) is 27.3. The average Bonchev–Trinajstić information content (AvgIpc) is 3.67. The van der Waals surface area contributed by atoms with Crippen molar-refractivity contribution >= 4 is 32.7 Å². The number of nitrogens with one attached hydrogen (secondary N) is 1. The Morgan fingerprint density at radius 1 is 0.982 bits per heavy atom. The van der Waals surface area contributed by atoms with Gasteiger partial charge in [0.1, 0.15) is 30.2 Å². The minimum atomic E-state index is -1.33. The molecule has 10 heteroatoms. The molecule has 0 aliphatic carbocycles. The summed E-state index contributed by atoms with van der Waals surface area (Å²) in [6, 6.07) is 27.5. The molecule has 0 saturated carbocycles. The fraction of sp³-hybridized carbons (Fsp3) is 0.326. The third kappa shape index (κ3) is 8.05. The van der Waals surface area contributed by atoms with Gasteiger partial charge in [0, 0.05) is 59.3 Å². The van der Waals surface area contributed by atoms with Gasteiger partial charge in [-0.15, -0.1) is 13.2 Å². The van der Waals surface area contributed by atoms with Gasteiger partial charge < -0.3 is 23.7 Å². The van der Waals surface area contributed by atoms with Crippen LogP contribution in [-0.4, -0.2) is 68.6 Å². The van der Waals surface area contributed by atoms with Crippen molar-refractivity contribution in [3.63, 3.8) is 0 Å². The van der Waals surface area contributed by atoms with E-state index in [1.165, 1.54) is 35.9 Å². The lowest BCUT2D eigenvalue weighted by molar-refractivity contribution is -0.985. The van der Waals surface area contributed by atoms with Crippen LogP contribution in [-0.2, 0) is 27.8 Å². The number of aromatic amines is 1. The number of aryl methyl sites for hydroxylation is 1. The standard InChI is InChI=1S/C29H33N2O.C17H19N3O3S/c1-3-18-32-29(26-14-16-30-27-13-9-8-12-25(26)27)28-19-24-15-17-31(28,21-23(24)4-2)20-22-10-6-5-7-11-22;1-10-8-18-15(11(2)16(10)23-4)9-24(21)17-19-13-6-5-12(22-3)7-14(13)20-17/h3-14,16,23-24,28-29H,1-2,15,17-21H2;5-8H,9H2,1-4H3,(H,19,20)/q+1;/t23-,24-,28-,29+,31?;/m0./s1. The summed E-state index contributed by atoms with van der Waals surface area (Å²) in [5.41, 5.74) is 7.86. The van der Waals surface area contributed by atoms with Crippen LogP contribution >= 0.6 is 0 Å². The minimum Gasteiger partial charge on any atom is -0.497 e. The lowest BCUT2D eigenvalue weighted by Gasteiger charge is -2.58. The van der Waals surface area contributed by atoms with Crippen molar-refractivity contribution in [2.45, 2.75) is 56.3 Å². The second-order valence-electron chi connectivity index (χ2n) is 14.9. The molecule has 2 bridgehead atoms. The molecule has 3 aliphatic rings. The van der Waals surface area contributed by atoms with Crippen LogP contribution in [0.1, 0.15) is 46.9 Å². The first kappa shape index (κ1) is 39.1. The highest BCUT2D eigenvalue weighted by Crippen LogP contribution is 2.49. The third-order valence-electron chi connectivity index (χ3n) is 11.6. The van der Waals surface area contributed by atoms with Crippen LogP contribution in [0.2, 0.25) is 0 Å². The quantitative estimate of drug-likeness (QED) is 0.0925. The predicted octanol–water partition coefficient (Wildman–Crippen LogP) is 8.99. The Bertz CT molecular complexity index is 2340. The summed E-state index contributed by atoms with van der Waals surface area (Å²) in [4.78, 5) is 16.5. The van der Waals surface area contributed by atoms with Crippen LogP contribution in [0.25, 0.3) is 21.9 Å². The highest BCUT2D eigenvalue weighted by Gasteiger charge is 2.54. The fourth-order valence-corrected chi connectivity index (χ4v) is 9.97. The van der Waals surface area contributed by atoms with Gasteiger partial charge >= 0.3 is 0 Å². The molecule has 3 aliphatic heterocycles. The summed E-state index contributed by atoms with van der Waals surface area (Å²) in [5, 5.41) is 1.63. The summed E-state index contributed by atoms with van der Waals surface area (Å²) < 4.78 is 31.0. The Hall–Kier alpha value is -5.16. The number of methoxy groups -OCH3 is 2. The van der Waals surface area contributed by atoms with Crippen molar-refractivity contribution < 1.29 is 22.9 Å². The average molecular weight is 771 g/mol. The van der Waals surface area contributed by atoms with E-state index < -0.39 is 10.8 Å². The number of ether oxygens (including phenoxy) is 3. The zero-order valence-electron chi connectivity index (χ0n) is 32.8. The van der Waals surface area contributed by atoms with Gasteiger partial charge in [-0.05, 0) is 49.6 Å². The van der Waals surface area contributed by atoms with Gasteiger partial charge in [-0.25, -0.2) is 4.98 Å². The Labute approximate surface area is 332 Å². The highest BCUT2D eigenvalue weighted by atomic mass is 32.2. The lowest BCUT2D eigenvalue weighted by atomic mass is 9.71. The molecule has 0 spiro atoms.